The second kappa shape index (κ2) is 9.45. The molecule has 2 N–H and O–H groups in total. The molecule has 2 aliphatic heterocycles. The molecule has 0 spiro atoms. The number of anilines is 2. The first-order chi connectivity index (χ1) is 13.8. The van der Waals surface area contributed by atoms with Crippen LogP contribution in [0, 0.1) is 0 Å². The molecule has 1 aromatic carbocycles. The van der Waals surface area contributed by atoms with E-state index in [1.807, 2.05) is 4.90 Å². The van der Waals surface area contributed by atoms with Gasteiger partial charge in [-0.3, -0.25) is 14.4 Å². The monoisotopic (exact) mass is 423 g/mol. The summed E-state index contributed by atoms with van der Waals surface area (Å²) in [7, 11) is -3.33. The summed E-state index contributed by atoms with van der Waals surface area (Å²) in [6, 6.07) is 6.30. The third-order valence-corrected chi connectivity index (χ3v) is 5.77. The molecule has 3 rings (SSSR count). The lowest BCUT2D eigenvalue weighted by Gasteiger charge is -2.36. The van der Waals surface area contributed by atoms with Crippen LogP contribution in [0.1, 0.15) is 19.3 Å². The maximum absolute atomic E-state index is 12.5. The maximum atomic E-state index is 12.5. The Bertz CT molecular complexity index is 814. The number of piperidine rings is 1. The van der Waals surface area contributed by atoms with Crippen LogP contribution < -0.4 is 10.0 Å². The van der Waals surface area contributed by atoms with Gasteiger partial charge in [-0.05, 0) is 43.5 Å². The zero-order chi connectivity index (χ0) is 20.9. The Balaban J connectivity index is 1.43. The van der Waals surface area contributed by atoms with Gasteiger partial charge in [0.15, 0.2) is 0 Å². The predicted molar refractivity (Wildman–Crippen MR) is 112 cm³/mol. The van der Waals surface area contributed by atoms with E-state index < -0.39 is 10.0 Å². The highest BCUT2D eigenvalue weighted by atomic mass is 32.2. The van der Waals surface area contributed by atoms with E-state index in [1.54, 1.807) is 29.2 Å². The number of carbonyl (C=O) groups is 2. The number of amides is 3. The SMILES string of the molecule is CS(=O)(=O)Nc1ccc(NC(=O)N2CCN(CC(=O)N3CCCCC3)CC2)cc1. The summed E-state index contributed by atoms with van der Waals surface area (Å²) in [4.78, 5) is 30.6. The average molecular weight is 424 g/mol. The molecular formula is C19H29N5O4S. The molecule has 0 saturated carbocycles. The van der Waals surface area contributed by atoms with Gasteiger partial charge in [-0.1, -0.05) is 0 Å². The summed E-state index contributed by atoms with van der Waals surface area (Å²) in [6.07, 6.45) is 4.47. The summed E-state index contributed by atoms with van der Waals surface area (Å²) in [5.74, 6) is 0.186. The Morgan fingerprint density at radius 2 is 1.45 bits per heavy atom. The molecule has 2 aliphatic rings. The van der Waals surface area contributed by atoms with E-state index >= 15 is 0 Å². The Labute approximate surface area is 172 Å². The number of nitrogens with zero attached hydrogens (tertiary/aromatic N) is 3. The molecule has 0 aliphatic carbocycles. The summed E-state index contributed by atoms with van der Waals surface area (Å²) in [5, 5.41) is 2.83. The minimum absolute atomic E-state index is 0.186. The van der Waals surface area contributed by atoms with Crippen molar-refractivity contribution in [2.75, 3.05) is 62.1 Å². The third kappa shape index (κ3) is 6.60. The van der Waals surface area contributed by atoms with E-state index in [1.165, 1.54) is 6.42 Å². The molecule has 160 valence electrons. The highest BCUT2D eigenvalue weighted by Gasteiger charge is 2.24. The number of hydrogen-bond acceptors (Lipinski definition) is 5. The van der Waals surface area contributed by atoms with Crippen LogP contribution in [0.5, 0.6) is 0 Å². The fourth-order valence-corrected chi connectivity index (χ4v) is 4.15. The molecule has 2 heterocycles. The summed E-state index contributed by atoms with van der Waals surface area (Å²) < 4.78 is 24.9. The molecule has 2 saturated heterocycles. The highest BCUT2D eigenvalue weighted by molar-refractivity contribution is 7.92. The van der Waals surface area contributed by atoms with Crippen LogP contribution in [0.15, 0.2) is 24.3 Å². The van der Waals surface area contributed by atoms with Crippen LogP contribution in [0.4, 0.5) is 16.2 Å². The quantitative estimate of drug-likeness (QED) is 0.741. The number of hydrogen-bond donors (Lipinski definition) is 2. The minimum atomic E-state index is -3.33. The first-order valence-electron chi connectivity index (χ1n) is 9.94. The molecule has 0 radical (unpaired) electrons. The third-order valence-electron chi connectivity index (χ3n) is 5.17. The van der Waals surface area contributed by atoms with Crippen molar-refractivity contribution in [1.82, 2.24) is 14.7 Å². The fraction of sp³-hybridized carbons (Fsp3) is 0.579. The van der Waals surface area contributed by atoms with Crippen LogP contribution in [0.3, 0.4) is 0 Å². The fourth-order valence-electron chi connectivity index (χ4n) is 3.58. The van der Waals surface area contributed by atoms with Gasteiger partial charge < -0.3 is 15.1 Å². The number of nitrogens with one attached hydrogen (secondary N) is 2. The van der Waals surface area contributed by atoms with E-state index in [4.69, 9.17) is 0 Å². The standard InChI is InChI=1S/C19H29N5O4S/c1-29(27,28)21-17-7-5-16(6-8-17)20-19(26)24-13-11-22(12-14-24)15-18(25)23-9-3-2-4-10-23/h5-8,21H,2-4,9-15H2,1H3,(H,20,26). The number of benzene rings is 1. The van der Waals surface area contributed by atoms with Crippen LogP contribution >= 0.6 is 0 Å². The molecule has 0 aromatic heterocycles. The molecular weight excluding hydrogens is 394 g/mol. The van der Waals surface area contributed by atoms with Crippen molar-refractivity contribution < 1.29 is 18.0 Å². The van der Waals surface area contributed by atoms with Gasteiger partial charge in [0.2, 0.25) is 15.9 Å². The molecule has 9 nitrogen and oxygen atoms in total. The van der Waals surface area contributed by atoms with Gasteiger partial charge in [-0.15, -0.1) is 0 Å². The average Bonchev–Trinajstić information content (AvgIpc) is 2.69. The molecule has 0 bridgehead atoms. The first-order valence-corrected chi connectivity index (χ1v) is 11.8. The second-order valence-electron chi connectivity index (χ2n) is 7.59. The van der Waals surface area contributed by atoms with Crippen molar-refractivity contribution in [1.29, 1.82) is 0 Å². The van der Waals surface area contributed by atoms with Gasteiger partial charge in [0.25, 0.3) is 0 Å². The van der Waals surface area contributed by atoms with Crippen LogP contribution in [-0.4, -0.2) is 87.1 Å². The van der Waals surface area contributed by atoms with Crippen molar-refractivity contribution >= 4 is 33.3 Å². The molecule has 29 heavy (non-hydrogen) atoms. The number of urea groups is 1. The number of carbonyl (C=O) groups excluding carboxylic acids is 2. The maximum Gasteiger partial charge on any atom is 0.321 e. The minimum Gasteiger partial charge on any atom is -0.342 e. The van der Waals surface area contributed by atoms with Crippen LogP contribution in [0.2, 0.25) is 0 Å². The summed E-state index contributed by atoms with van der Waals surface area (Å²) >= 11 is 0. The van der Waals surface area contributed by atoms with Crippen LogP contribution in [0.25, 0.3) is 0 Å². The summed E-state index contributed by atoms with van der Waals surface area (Å²) in [5.41, 5.74) is 1.04. The zero-order valence-corrected chi connectivity index (χ0v) is 17.6. The topological polar surface area (TPSA) is 102 Å². The zero-order valence-electron chi connectivity index (χ0n) is 16.8. The number of likely N-dealkylation sites (tertiary alicyclic amines) is 1. The van der Waals surface area contributed by atoms with Gasteiger partial charge in [-0.25, -0.2) is 13.2 Å². The lowest BCUT2D eigenvalue weighted by Crippen LogP contribution is -2.52. The number of rotatable bonds is 5. The van der Waals surface area contributed by atoms with E-state index in [2.05, 4.69) is 14.9 Å². The number of sulfonamides is 1. The van der Waals surface area contributed by atoms with Crippen LogP contribution in [-0.2, 0) is 14.8 Å². The molecule has 2 fully saturated rings. The van der Waals surface area contributed by atoms with Crippen molar-refractivity contribution in [2.24, 2.45) is 0 Å². The first kappa shape index (κ1) is 21.4. The van der Waals surface area contributed by atoms with Gasteiger partial charge in [0.05, 0.1) is 12.8 Å². The summed E-state index contributed by atoms with van der Waals surface area (Å²) in [6.45, 7) is 4.61. The highest BCUT2D eigenvalue weighted by Crippen LogP contribution is 2.16. The van der Waals surface area contributed by atoms with Crippen molar-refractivity contribution in [3.63, 3.8) is 0 Å². The van der Waals surface area contributed by atoms with Gasteiger partial charge in [0.1, 0.15) is 0 Å². The Morgan fingerprint density at radius 1 is 0.862 bits per heavy atom. The van der Waals surface area contributed by atoms with Crippen molar-refractivity contribution in [2.45, 2.75) is 19.3 Å². The van der Waals surface area contributed by atoms with Crippen molar-refractivity contribution in [3.05, 3.63) is 24.3 Å². The van der Waals surface area contributed by atoms with E-state index in [9.17, 15) is 18.0 Å². The van der Waals surface area contributed by atoms with Gasteiger partial charge in [0, 0.05) is 50.6 Å². The number of piperazine rings is 1. The van der Waals surface area contributed by atoms with E-state index in [-0.39, 0.29) is 11.9 Å². The largest absolute Gasteiger partial charge is 0.342 e. The van der Waals surface area contributed by atoms with E-state index in [0.717, 1.165) is 32.2 Å². The Kier molecular flexibility index (Phi) is 6.96. The van der Waals surface area contributed by atoms with Gasteiger partial charge >= 0.3 is 6.03 Å². The molecule has 0 atom stereocenters. The predicted octanol–water partition coefficient (Wildman–Crippen LogP) is 1.22. The van der Waals surface area contributed by atoms with Gasteiger partial charge in [-0.2, -0.15) is 0 Å². The normalized spacial score (nSPS) is 18.4. The molecule has 0 unspecified atom stereocenters. The lowest BCUT2D eigenvalue weighted by molar-refractivity contribution is -0.133. The second-order valence-corrected chi connectivity index (χ2v) is 9.33. The molecule has 10 heteroatoms. The molecule has 3 amide bonds. The van der Waals surface area contributed by atoms with E-state index in [0.29, 0.717) is 44.1 Å². The molecule has 1 aromatic rings. The Hall–Kier alpha value is -2.33. The lowest BCUT2D eigenvalue weighted by atomic mass is 10.1. The Morgan fingerprint density at radius 3 is 2.03 bits per heavy atom. The van der Waals surface area contributed by atoms with Crippen molar-refractivity contribution in [3.8, 4) is 0 Å². The smallest absolute Gasteiger partial charge is 0.321 e.